The lowest BCUT2D eigenvalue weighted by molar-refractivity contribution is 0.346. The molecule has 4 nitrogen and oxygen atoms in total. The summed E-state index contributed by atoms with van der Waals surface area (Å²) < 4.78 is 27.4. The van der Waals surface area contributed by atoms with Crippen LogP contribution in [0.25, 0.3) is 0 Å². The Morgan fingerprint density at radius 2 is 1.75 bits per heavy atom. The number of halogens is 1. The van der Waals surface area contributed by atoms with Crippen LogP contribution in [0.1, 0.15) is 32.4 Å². The quantitative estimate of drug-likeness (QED) is 0.784. The SMILES string of the molecule is CC(NC(C)(C)CNS(=O)(=O)c1cccc(Cl)c1)c1ccccc1. The van der Waals surface area contributed by atoms with Crippen LogP contribution in [0, 0.1) is 0 Å². The molecule has 0 aliphatic carbocycles. The van der Waals surface area contributed by atoms with Gasteiger partial charge in [-0.15, -0.1) is 0 Å². The molecule has 2 rings (SSSR count). The molecule has 0 bridgehead atoms. The highest BCUT2D eigenvalue weighted by atomic mass is 35.5. The average molecular weight is 367 g/mol. The van der Waals surface area contributed by atoms with E-state index in [1.807, 2.05) is 44.2 Å². The minimum absolute atomic E-state index is 0.108. The predicted molar refractivity (Wildman–Crippen MR) is 98.7 cm³/mol. The van der Waals surface area contributed by atoms with Gasteiger partial charge in [-0.3, -0.25) is 0 Å². The lowest BCUT2D eigenvalue weighted by Gasteiger charge is -2.30. The first-order valence-corrected chi connectivity index (χ1v) is 9.64. The van der Waals surface area contributed by atoms with Crippen molar-refractivity contribution in [1.29, 1.82) is 0 Å². The Balaban J connectivity index is 2.01. The van der Waals surface area contributed by atoms with Crippen LogP contribution in [0.4, 0.5) is 0 Å². The number of nitrogens with one attached hydrogen (secondary N) is 2. The Morgan fingerprint density at radius 3 is 2.38 bits per heavy atom. The van der Waals surface area contributed by atoms with Crippen LogP contribution in [0.5, 0.6) is 0 Å². The van der Waals surface area contributed by atoms with E-state index < -0.39 is 15.6 Å². The third-order valence-electron chi connectivity index (χ3n) is 3.72. The van der Waals surface area contributed by atoms with Crippen molar-refractivity contribution in [2.45, 2.75) is 37.2 Å². The Labute approximate surface area is 149 Å². The number of hydrogen-bond acceptors (Lipinski definition) is 3. The van der Waals surface area contributed by atoms with Crippen LogP contribution in [0.3, 0.4) is 0 Å². The Bertz CT molecular complexity index is 777. The largest absolute Gasteiger partial charge is 0.304 e. The number of hydrogen-bond donors (Lipinski definition) is 2. The third-order valence-corrected chi connectivity index (χ3v) is 5.35. The highest BCUT2D eigenvalue weighted by Gasteiger charge is 2.24. The molecule has 2 aromatic rings. The van der Waals surface area contributed by atoms with E-state index in [1.165, 1.54) is 12.1 Å². The molecular weight excluding hydrogens is 344 g/mol. The van der Waals surface area contributed by atoms with Crippen molar-refractivity contribution in [1.82, 2.24) is 10.0 Å². The summed E-state index contributed by atoms with van der Waals surface area (Å²) in [4.78, 5) is 0.168. The molecule has 0 amide bonds. The molecule has 0 aromatic heterocycles. The number of rotatable bonds is 7. The third kappa shape index (κ3) is 5.31. The summed E-state index contributed by atoms with van der Waals surface area (Å²) in [5, 5.41) is 3.85. The van der Waals surface area contributed by atoms with E-state index in [1.54, 1.807) is 12.1 Å². The van der Waals surface area contributed by atoms with Crippen LogP contribution < -0.4 is 10.0 Å². The zero-order valence-electron chi connectivity index (χ0n) is 14.1. The van der Waals surface area contributed by atoms with Gasteiger partial charge in [-0.05, 0) is 44.5 Å². The molecule has 0 saturated heterocycles. The molecule has 2 aromatic carbocycles. The van der Waals surface area contributed by atoms with Gasteiger partial charge in [0.2, 0.25) is 10.0 Å². The predicted octanol–water partition coefficient (Wildman–Crippen LogP) is 3.75. The van der Waals surface area contributed by atoms with Crippen LogP contribution in [0.15, 0.2) is 59.5 Å². The summed E-state index contributed by atoms with van der Waals surface area (Å²) in [7, 11) is -3.59. The summed E-state index contributed by atoms with van der Waals surface area (Å²) in [6.45, 7) is 6.25. The maximum absolute atomic E-state index is 12.4. The van der Waals surface area contributed by atoms with Crippen molar-refractivity contribution < 1.29 is 8.42 Å². The highest BCUT2D eigenvalue weighted by molar-refractivity contribution is 7.89. The average Bonchev–Trinajstić information content (AvgIpc) is 2.54. The van der Waals surface area contributed by atoms with Crippen molar-refractivity contribution >= 4 is 21.6 Å². The fourth-order valence-electron chi connectivity index (χ4n) is 2.46. The van der Waals surface area contributed by atoms with Gasteiger partial charge in [0.1, 0.15) is 0 Å². The smallest absolute Gasteiger partial charge is 0.240 e. The molecule has 0 spiro atoms. The zero-order chi connectivity index (χ0) is 17.8. The Kier molecular flexibility index (Phi) is 6.04. The standard InChI is InChI=1S/C18H23ClN2O2S/c1-14(15-8-5-4-6-9-15)21-18(2,3)13-20-24(22,23)17-11-7-10-16(19)12-17/h4-12,14,20-21H,13H2,1-3H3. The maximum Gasteiger partial charge on any atom is 0.240 e. The van der Waals surface area contributed by atoms with Crippen LogP contribution in [0.2, 0.25) is 5.02 Å². The van der Waals surface area contributed by atoms with Crippen molar-refractivity contribution in [2.75, 3.05) is 6.54 Å². The minimum Gasteiger partial charge on any atom is -0.304 e. The van der Waals surface area contributed by atoms with Crippen molar-refractivity contribution in [3.8, 4) is 0 Å². The molecule has 0 saturated carbocycles. The second-order valence-corrected chi connectivity index (χ2v) is 8.65. The van der Waals surface area contributed by atoms with Crippen LogP contribution in [-0.2, 0) is 10.0 Å². The molecule has 1 atom stereocenters. The Morgan fingerprint density at radius 1 is 1.08 bits per heavy atom. The van der Waals surface area contributed by atoms with E-state index in [4.69, 9.17) is 11.6 Å². The van der Waals surface area contributed by atoms with Gasteiger partial charge < -0.3 is 5.32 Å². The molecule has 0 aliphatic rings. The fraction of sp³-hybridized carbons (Fsp3) is 0.333. The molecule has 0 aliphatic heterocycles. The summed E-state index contributed by atoms with van der Waals surface area (Å²) in [6, 6.07) is 16.4. The minimum atomic E-state index is -3.59. The first-order valence-electron chi connectivity index (χ1n) is 7.77. The van der Waals surface area contributed by atoms with Gasteiger partial charge in [0.05, 0.1) is 4.90 Å². The van der Waals surface area contributed by atoms with E-state index >= 15 is 0 Å². The summed E-state index contributed by atoms with van der Waals surface area (Å²) in [5.41, 5.74) is 0.740. The van der Waals surface area contributed by atoms with E-state index in [9.17, 15) is 8.42 Å². The molecule has 24 heavy (non-hydrogen) atoms. The first-order chi connectivity index (χ1) is 11.2. The van der Waals surface area contributed by atoms with E-state index in [0.717, 1.165) is 5.56 Å². The molecule has 0 heterocycles. The summed E-state index contributed by atoms with van der Waals surface area (Å²) >= 11 is 5.87. The second kappa shape index (κ2) is 7.66. The highest BCUT2D eigenvalue weighted by Crippen LogP contribution is 2.18. The van der Waals surface area contributed by atoms with Gasteiger partial charge >= 0.3 is 0 Å². The lowest BCUT2D eigenvalue weighted by Crippen LogP contribution is -2.49. The zero-order valence-corrected chi connectivity index (χ0v) is 15.7. The Hall–Kier alpha value is -1.40. The number of sulfonamides is 1. The van der Waals surface area contributed by atoms with Crippen molar-refractivity contribution in [3.63, 3.8) is 0 Å². The molecular formula is C18H23ClN2O2S. The normalized spacial score (nSPS) is 13.7. The second-order valence-electron chi connectivity index (χ2n) is 6.44. The van der Waals surface area contributed by atoms with Crippen LogP contribution in [-0.4, -0.2) is 20.5 Å². The first kappa shape index (κ1) is 18.9. The van der Waals surface area contributed by atoms with Gasteiger partial charge in [-0.25, -0.2) is 13.1 Å². The van der Waals surface area contributed by atoms with Crippen molar-refractivity contribution in [3.05, 3.63) is 65.2 Å². The molecule has 0 fully saturated rings. The van der Waals surface area contributed by atoms with Crippen LogP contribution >= 0.6 is 11.6 Å². The molecule has 1 unspecified atom stereocenters. The van der Waals surface area contributed by atoms with Crippen molar-refractivity contribution in [2.24, 2.45) is 0 Å². The van der Waals surface area contributed by atoms with Gasteiger partial charge in [0.15, 0.2) is 0 Å². The fourth-order valence-corrected chi connectivity index (χ4v) is 3.97. The van der Waals surface area contributed by atoms with Gasteiger partial charge in [0, 0.05) is 23.1 Å². The van der Waals surface area contributed by atoms with E-state index in [0.29, 0.717) is 5.02 Å². The van der Waals surface area contributed by atoms with Gasteiger partial charge in [-0.2, -0.15) is 0 Å². The maximum atomic E-state index is 12.4. The molecule has 6 heteroatoms. The monoisotopic (exact) mass is 366 g/mol. The summed E-state index contributed by atoms with van der Waals surface area (Å²) in [6.07, 6.45) is 0. The van der Waals surface area contributed by atoms with Gasteiger partial charge in [-0.1, -0.05) is 48.0 Å². The van der Waals surface area contributed by atoms with E-state index in [2.05, 4.69) is 17.0 Å². The summed E-state index contributed by atoms with van der Waals surface area (Å²) in [5.74, 6) is 0. The molecule has 2 N–H and O–H groups in total. The molecule has 130 valence electrons. The van der Waals surface area contributed by atoms with E-state index in [-0.39, 0.29) is 17.5 Å². The molecule has 0 radical (unpaired) electrons. The number of benzene rings is 2. The topological polar surface area (TPSA) is 58.2 Å². The lowest BCUT2D eigenvalue weighted by atomic mass is 10.0. The van der Waals surface area contributed by atoms with Gasteiger partial charge in [0.25, 0.3) is 0 Å².